The highest BCUT2D eigenvalue weighted by molar-refractivity contribution is 5.93. The van der Waals surface area contributed by atoms with Crippen molar-refractivity contribution in [1.82, 2.24) is 14.9 Å². The van der Waals surface area contributed by atoms with Crippen molar-refractivity contribution in [2.24, 2.45) is 11.8 Å². The molecule has 1 unspecified atom stereocenters. The van der Waals surface area contributed by atoms with Gasteiger partial charge in [-0.3, -0.25) is 4.79 Å². The molecule has 1 aromatic heterocycles. The smallest absolute Gasteiger partial charge is 0.257 e. The second-order valence-electron chi connectivity index (χ2n) is 8.47. The minimum atomic E-state index is -0.278. The summed E-state index contributed by atoms with van der Waals surface area (Å²) >= 11 is 0. The van der Waals surface area contributed by atoms with Gasteiger partial charge >= 0.3 is 0 Å². The van der Waals surface area contributed by atoms with E-state index in [0.29, 0.717) is 30.4 Å². The number of amides is 1. The van der Waals surface area contributed by atoms with Crippen LogP contribution in [-0.4, -0.2) is 53.6 Å². The molecule has 2 fully saturated rings. The van der Waals surface area contributed by atoms with Gasteiger partial charge < -0.3 is 14.5 Å². The van der Waals surface area contributed by atoms with E-state index in [-0.39, 0.29) is 17.6 Å². The molecule has 6 nitrogen and oxygen atoms in total. The van der Waals surface area contributed by atoms with Crippen LogP contribution in [0.3, 0.4) is 0 Å². The summed E-state index contributed by atoms with van der Waals surface area (Å²) in [5, 5.41) is 0. The van der Waals surface area contributed by atoms with Gasteiger partial charge in [0.1, 0.15) is 11.6 Å². The molecule has 0 N–H and O–H groups in total. The number of carbonyl (C=O) groups excluding carboxylic acids is 1. The van der Waals surface area contributed by atoms with Gasteiger partial charge in [-0.2, -0.15) is 0 Å². The van der Waals surface area contributed by atoms with Crippen LogP contribution in [0.15, 0.2) is 36.7 Å². The number of ether oxygens (including phenoxy) is 1. The average molecular weight is 413 g/mol. The second kappa shape index (κ2) is 9.41. The average Bonchev–Trinajstić information content (AvgIpc) is 2.79. The molecule has 3 heterocycles. The highest BCUT2D eigenvalue weighted by Crippen LogP contribution is 2.22. The Morgan fingerprint density at radius 1 is 1.10 bits per heavy atom. The molecule has 1 atom stereocenters. The molecule has 160 valence electrons. The van der Waals surface area contributed by atoms with E-state index in [1.807, 2.05) is 4.90 Å². The zero-order valence-corrected chi connectivity index (χ0v) is 17.5. The van der Waals surface area contributed by atoms with Gasteiger partial charge in [-0.15, -0.1) is 0 Å². The molecule has 4 rings (SSSR count). The van der Waals surface area contributed by atoms with Crippen LogP contribution in [0, 0.1) is 17.7 Å². The number of anilines is 1. The fourth-order valence-electron chi connectivity index (χ4n) is 4.12. The van der Waals surface area contributed by atoms with Gasteiger partial charge in [-0.1, -0.05) is 6.92 Å². The number of carbonyl (C=O) groups is 1. The molecule has 0 aliphatic carbocycles. The molecule has 1 amide bonds. The Morgan fingerprint density at radius 2 is 1.80 bits per heavy atom. The predicted octanol–water partition coefficient (Wildman–Crippen LogP) is 3.78. The molecule has 7 heteroatoms. The summed E-state index contributed by atoms with van der Waals surface area (Å²) in [7, 11) is 0. The maximum Gasteiger partial charge on any atom is 0.257 e. The van der Waals surface area contributed by atoms with E-state index >= 15 is 0 Å². The first-order chi connectivity index (χ1) is 14.6. The van der Waals surface area contributed by atoms with E-state index in [9.17, 15) is 9.18 Å². The molecule has 30 heavy (non-hydrogen) atoms. The van der Waals surface area contributed by atoms with Crippen molar-refractivity contribution < 1.29 is 13.9 Å². The van der Waals surface area contributed by atoms with Crippen LogP contribution in [0.4, 0.5) is 10.3 Å². The maximum atomic E-state index is 13.0. The summed E-state index contributed by atoms with van der Waals surface area (Å²) in [5.74, 6) is 2.06. The Kier molecular flexibility index (Phi) is 6.45. The highest BCUT2D eigenvalue weighted by Gasteiger charge is 2.26. The van der Waals surface area contributed by atoms with Gasteiger partial charge in [0.15, 0.2) is 0 Å². The lowest BCUT2D eigenvalue weighted by Gasteiger charge is -2.33. The molecule has 1 aromatic carbocycles. The quantitative estimate of drug-likeness (QED) is 0.748. The van der Waals surface area contributed by atoms with Crippen LogP contribution < -0.4 is 9.64 Å². The Balaban J connectivity index is 1.31. The molecule has 2 aliphatic heterocycles. The van der Waals surface area contributed by atoms with Gasteiger partial charge in [0.2, 0.25) is 5.95 Å². The first-order valence-corrected chi connectivity index (χ1v) is 10.8. The van der Waals surface area contributed by atoms with Gasteiger partial charge in [-0.25, -0.2) is 14.4 Å². The Morgan fingerprint density at radius 3 is 2.50 bits per heavy atom. The van der Waals surface area contributed by atoms with E-state index in [4.69, 9.17) is 4.74 Å². The van der Waals surface area contributed by atoms with Crippen molar-refractivity contribution in [2.45, 2.75) is 32.6 Å². The molecular weight excluding hydrogens is 383 g/mol. The van der Waals surface area contributed by atoms with Crippen LogP contribution in [0.25, 0.3) is 0 Å². The first-order valence-electron chi connectivity index (χ1n) is 10.8. The third-order valence-electron chi connectivity index (χ3n) is 6.06. The second-order valence-corrected chi connectivity index (χ2v) is 8.47. The van der Waals surface area contributed by atoms with E-state index in [0.717, 1.165) is 51.2 Å². The fourth-order valence-corrected chi connectivity index (χ4v) is 4.12. The van der Waals surface area contributed by atoms with E-state index in [2.05, 4.69) is 21.8 Å². The lowest BCUT2D eigenvalue weighted by Crippen LogP contribution is -2.41. The van der Waals surface area contributed by atoms with Crippen molar-refractivity contribution in [1.29, 1.82) is 0 Å². The number of aromatic nitrogens is 2. The Bertz CT molecular complexity index is 835. The summed E-state index contributed by atoms with van der Waals surface area (Å²) in [5.41, 5.74) is 0.532. The topological polar surface area (TPSA) is 58.6 Å². The minimum Gasteiger partial charge on any atom is -0.493 e. The number of benzene rings is 1. The molecule has 0 spiro atoms. The number of hydrogen-bond donors (Lipinski definition) is 0. The number of hydrogen-bond acceptors (Lipinski definition) is 5. The van der Waals surface area contributed by atoms with Crippen molar-refractivity contribution >= 4 is 11.9 Å². The number of likely N-dealkylation sites (tertiary alicyclic amines) is 1. The van der Waals surface area contributed by atoms with Gasteiger partial charge in [0, 0.05) is 44.5 Å². The normalized spacial score (nSPS) is 20.3. The Labute approximate surface area is 177 Å². The first kappa shape index (κ1) is 20.6. The van der Waals surface area contributed by atoms with Crippen molar-refractivity contribution in [3.8, 4) is 5.75 Å². The molecule has 2 aromatic rings. The van der Waals surface area contributed by atoms with Crippen LogP contribution in [-0.2, 0) is 0 Å². The van der Waals surface area contributed by atoms with Crippen molar-refractivity contribution in [3.05, 3.63) is 48.0 Å². The summed E-state index contributed by atoms with van der Waals surface area (Å²) in [4.78, 5) is 25.9. The molecule has 0 saturated carbocycles. The summed E-state index contributed by atoms with van der Waals surface area (Å²) < 4.78 is 18.8. The predicted molar refractivity (Wildman–Crippen MR) is 113 cm³/mol. The summed E-state index contributed by atoms with van der Waals surface area (Å²) in [6, 6.07) is 6.03. The van der Waals surface area contributed by atoms with E-state index in [1.54, 1.807) is 24.5 Å². The number of halogens is 1. The number of nitrogens with zero attached hydrogens (tertiary/aromatic N) is 4. The standard InChI is InChI=1S/C23H29FN4O2/c1-17-8-11-27(12-9-17)23-25-13-19(14-26-23)22(29)28-10-2-3-18(15-28)16-30-21-6-4-20(24)5-7-21/h4-7,13-14,17-18H,2-3,8-12,15-16H2,1H3. The molecule has 2 aliphatic rings. The van der Waals surface area contributed by atoms with Crippen LogP contribution in [0.1, 0.15) is 43.0 Å². The third-order valence-corrected chi connectivity index (χ3v) is 6.06. The number of piperidine rings is 2. The van der Waals surface area contributed by atoms with Gasteiger partial charge in [-0.05, 0) is 55.9 Å². The summed E-state index contributed by atoms with van der Waals surface area (Å²) in [6.45, 7) is 6.10. The number of rotatable bonds is 5. The highest BCUT2D eigenvalue weighted by atomic mass is 19.1. The maximum absolute atomic E-state index is 13.0. The summed E-state index contributed by atoms with van der Waals surface area (Å²) in [6.07, 6.45) is 7.56. The molecular formula is C23H29FN4O2. The molecule has 0 bridgehead atoms. The minimum absolute atomic E-state index is 0.0275. The van der Waals surface area contributed by atoms with Crippen molar-refractivity contribution in [3.63, 3.8) is 0 Å². The molecule has 0 radical (unpaired) electrons. The third kappa shape index (κ3) is 5.07. The van der Waals surface area contributed by atoms with E-state index < -0.39 is 0 Å². The Hall–Kier alpha value is -2.70. The zero-order chi connectivity index (χ0) is 20.9. The monoisotopic (exact) mass is 412 g/mol. The zero-order valence-electron chi connectivity index (χ0n) is 17.5. The van der Waals surface area contributed by atoms with Gasteiger partial charge in [0.25, 0.3) is 5.91 Å². The van der Waals surface area contributed by atoms with Gasteiger partial charge in [0.05, 0.1) is 12.2 Å². The molecule has 2 saturated heterocycles. The van der Waals surface area contributed by atoms with Crippen LogP contribution in [0.2, 0.25) is 0 Å². The SMILES string of the molecule is CC1CCN(c2ncc(C(=O)N3CCCC(COc4ccc(F)cc4)C3)cn2)CC1. The lowest BCUT2D eigenvalue weighted by molar-refractivity contribution is 0.0632. The lowest BCUT2D eigenvalue weighted by atomic mass is 9.98. The van der Waals surface area contributed by atoms with E-state index in [1.165, 1.54) is 12.1 Å². The van der Waals surface area contributed by atoms with Crippen LogP contribution in [0.5, 0.6) is 5.75 Å². The van der Waals surface area contributed by atoms with Crippen LogP contribution >= 0.6 is 0 Å². The fraction of sp³-hybridized carbons (Fsp3) is 0.522. The van der Waals surface area contributed by atoms with Crippen molar-refractivity contribution in [2.75, 3.05) is 37.7 Å². The largest absolute Gasteiger partial charge is 0.493 e.